The Hall–Kier alpha value is -1.16. The average molecular weight is 252 g/mol. The highest BCUT2D eigenvalue weighted by atomic mass is 32.1. The molecular weight excluding hydrogens is 236 g/mol. The fourth-order valence-corrected chi connectivity index (χ4v) is 2.03. The summed E-state index contributed by atoms with van der Waals surface area (Å²) in [7, 11) is 0. The summed E-state index contributed by atoms with van der Waals surface area (Å²) in [5.74, 6) is 1.37. The van der Waals surface area contributed by atoms with E-state index in [-0.39, 0.29) is 11.2 Å². The van der Waals surface area contributed by atoms with E-state index >= 15 is 0 Å². The van der Waals surface area contributed by atoms with Crippen LogP contribution >= 0.6 is 12.6 Å². The van der Waals surface area contributed by atoms with E-state index in [4.69, 9.17) is 9.47 Å². The number of carbonyl (C=O) groups is 1. The van der Waals surface area contributed by atoms with Crippen molar-refractivity contribution in [2.45, 2.75) is 38.2 Å². The molecule has 1 aliphatic rings. The molecule has 92 valence electrons. The van der Waals surface area contributed by atoms with Crippen LogP contribution in [0.4, 0.5) is 0 Å². The third-order valence-electron chi connectivity index (χ3n) is 2.53. The molecule has 1 heterocycles. The predicted molar refractivity (Wildman–Crippen MR) is 69.2 cm³/mol. The van der Waals surface area contributed by atoms with Gasteiger partial charge in [-0.25, -0.2) is 0 Å². The smallest absolute Gasteiger partial charge is 0.170 e. The molecule has 3 nitrogen and oxygen atoms in total. The van der Waals surface area contributed by atoms with E-state index in [9.17, 15) is 4.79 Å². The molecule has 0 aromatic heterocycles. The average Bonchev–Trinajstić information content (AvgIpc) is 2.13. The van der Waals surface area contributed by atoms with Gasteiger partial charge >= 0.3 is 0 Å². The molecule has 0 bridgehead atoms. The van der Waals surface area contributed by atoms with Gasteiger partial charge in [0.1, 0.15) is 22.5 Å². The highest BCUT2D eigenvalue weighted by Crippen LogP contribution is 2.35. The largest absolute Gasteiger partial charge is 0.486 e. The van der Waals surface area contributed by atoms with Crippen molar-refractivity contribution in [1.29, 1.82) is 0 Å². The molecule has 1 atom stereocenters. The first-order valence-electron chi connectivity index (χ1n) is 5.58. The zero-order valence-electron chi connectivity index (χ0n) is 10.2. The molecule has 0 aliphatic carbocycles. The summed E-state index contributed by atoms with van der Waals surface area (Å²) in [5.41, 5.74) is -0.0150. The Morgan fingerprint density at radius 1 is 1.47 bits per heavy atom. The number of ether oxygens (including phenoxy) is 2. The maximum absolute atomic E-state index is 11.9. The Kier molecular flexibility index (Phi) is 3.08. The van der Waals surface area contributed by atoms with Crippen LogP contribution in [0.3, 0.4) is 0 Å². The molecule has 2 rings (SSSR count). The molecule has 0 spiro atoms. The van der Waals surface area contributed by atoms with Crippen molar-refractivity contribution >= 4 is 18.4 Å². The molecule has 0 amide bonds. The van der Waals surface area contributed by atoms with Gasteiger partial charge in [0.15, 0.2) is 5.78 Å². The van der Waals surface area contributed by atoms with Gasteiger partial charge in [-0.2, -0.15) is 0 Å². The molecule has 0 fully saturated rings. The van der Waals surface area contributed by atoms with Gasteiger partial charge < -0.3 is 9.47 Å². The van der Waals surface area contributed by atoms with Crippen LogP contribution in [0.5, 0.6) is 11.5 Å². The minimum absolute atomic E-state index is 0.113. The lowest BCUT2D eigenvalue weighted by Crippen LogP contribution is -2.35. The quantitative estimate of drug-likeness (QED) is 0.649. The zero-order valence-corrected chi connectivity index (χ0v) is 11.1. The van der Waals surface area contributed by atoms with Crippen LogP contribution in [0, 0.1) is 0 Å². The number of benzene rings is 1. The lowest BCUT2D eigenvalue weighted by atomic mass is 9.93. The Bertz CT molecular complexity index is 452. The molecule has 0 saturated carbocycles. The van der Waals surface area contributed by atoms with Crippen LogP contribution in [-0.4, -0.2) is 16.8 Å². The number of rotatable bonds is 2. The van der Waals surface area contributed by atoms with Crippen LogP contribution in [0.1, 0.15) is 37.6 Å². The van der Waals surface area contributed by atoms with E-state index in [0.717, 1.165) is 0 Å². The molecule has 0 radical (unpaired) electrons. The van der Waals surface area contributed by atoms with Crippen molar-refractivity contribution < 1.29 is 14.3 Å². The van der Waals surface area contributed by atoms with E-state index < -0.39 is 5.60 Å². The van der Waals surface area contributed by atoms with Crippen molar-refractivity contribution in [1.82, 2.24) is 0 Å². The fraction of sp³-hybridized carbons (Fsp3) is 0.462. The zero-order chi connectivity index (χ0) is 12.6. The van der Waals surface area contributed by atoms with Crippen LogP contribution in [0.2, 0.25) is 0 Å². The number of ketones is 1. The summed E-state index contributed by atoms with van der Waals surface area (Å²) in [5, 5.41) is 0. The molecule has 4 heteroatoms. The molecule has 0 saturated heterocycles. The van der Waals surface area contributed by atoms with Crippen LogP contribution in [0.25, 0.3) is 0 Å². The van der Waals surface area contributed by atoms with Gasteiger partial charge in [0.2, 0.25) is 0 Å². The van der Waals surface area contributed by atoms with E-state index in [0.29, 0.717) is 23.5 Å². The first-order chi connectivity index (χ1) is 7.87. The number of hydrogen-bond acceptors (Lipinski definition) is 4. The van der Waals surface area contributed by atoms with Crippen LogP contribution < -0.4 is 9.47 Å². The van der Waals surface area contributed by atoms with Gasteiger partial charge in [0.05, 0.1) is 12.0 Å². The maximum atomic E-state index is 11.9. The molecular formula is C13H16O3S. The highest BCUT2D eigenvalue weighted by molar-refractivity contribution is 7.80. The second-order valence-corrected chi connectivity index (χ2v) is 5.56. The number of hydrogen-bond donors (Lipinski definition) is 1. The summed E-state index contributed by atoms with van der Waals surface area (Å²) < 4.78 is 11.2. The predicted octanol–water partition coefficient (Wildman–Crippen LogP) is 3.09. The van der Waals surface area contributed by atoms with Gasteiger partial charge in [0.25, 0.3) is 0 Å². The lowest BCUT2D eigenvalue weighted by molar-refractivity contribution is 0.0618. The lowest BCUT2D eigenvalue weighted by Gasteiger charge is -2.31. The normalized spacial score (nSPS) is 19.2. The molecule has 17 heavy (non-hydrogen) atoms. The van der Waals surface area contributed by atoms with Gasteiger partial charge in [0, 0.05) is 6.07 Å². The minimum Gasteiger partial charge on any atom is -0.486 e. The Balaban J connectivity index is 2.35. The first kappa shape index (κ1) is 12.3. The molecule has 1 aromatic rings. The number of fused-ring (bicyclic) bond motifs is 1. The standard InChI is InChI=1S/C13H16O3S/c1-8(17)15-9-4-5-10-11(14)7-13(2,3)16-12(10)6-9/h4-6,8,17H,7H2,1-3H3. The van der Waals surface area contributed by atoms with Gasteiger partial charge in [-0.1, -0.05) is 0 Å². The Morgan fingerprint density at radius 2 is 2.18 bits per heavy atom. The number of Topliss-reactive ketones (excluding diaryl/α,β-unsaturated/α-hetero) is 1. The summed E-state index contributed by atoms with van der Waals surface area (Å²) >= 11 is 4.16. The van der Waals surface area contributed by atoms with Crippen LogP contribution in [0.15, 0.2) is 18.2 Å². The van der Waals surface area contributed by atoms with Crippen molar-refractivity contribution in [3.05, 3.63) is 23.8 Å². The van der Waals surface area contributed by atoms with Crippen molar-refractivity contribution in [3.63, 3.8) is 0 Å². The number of carbonyl (C=O) groups excluding carboxylic acids is 1. The SMILES string of the molecule is CC(S)Oc1ccc2c(c1)OC(C)(C)CC2=O. The third-order valence-corrected chi connectivity index (χ3v) is 2.64. The van der Waals surface area contributed by atoms with Crippen LogP contribution in [-0.2, 0) is 0 Å². The maximum Gasteiger partial charge on any atom is 0.170 e. The third kappa shape index (κ3) is 2.75. The fourth-order valence-electron chi connectivity index (χ4n) is 1.90. The summed E-state index contributed by atoms with van der Waals surface area (Å²) in [6, 6.07) is 5.27. The molecule has 1 unspecified atom stereocenters. The van der Waals surface area contributed by atoms with E-state index in [1.807, 2.05) is 20.8 Å². The highest BCUT2D eigenvalue weighted by Gasteiger charge is 2.32. The van der Waals surface area contributed by atoms with Crippen molar-refractivity contribution in [2.75, 3.05) is 0 Å². The Morgan fingerprint density at radius 3 is 2.82 bits per heavy atom. The minimum atomic E-state index is -0.449. The van der Waals surface area contributed by atoms with Gasteiger partial charge in [-0.05, 0) is 32.9 Å². The topological polar surface area (TPSA) is 35.5 Å². The summed E-state index contributed by atoms with van der Waals surface area (Å²) in [4.78, 5) is 11.9. The second-order valence-electron chi connectivity index (χ2n) is 4.84. The summed E-state index contributed by atoms with van der Waals surface area (Å²) in [6.07, 6.45) is 0.406. The molecule has 1 aliphatic heterocycles. The second kappa shape index (κ2) is 4.26. The van der Waals surface area contributed by atoms with Gasteiger partial charge in [-0.15, -0.1) is 12.6 Å². The van der Waals surface area contributed by atoms with E-state index in [1.165, 1.54) is 0 Å². The van der Waals surface area contributed by atoms with Gasteiger partial charge in [-0.3, -0.25) is 4.79 Å². The molecule has 0 N–H and O–H groups in total. The van der Waals surface area contributed by atoms with E-state index in [1.54, 1.807) is 18.2 Å². The van der Waals surface area contributed by atoms with Crippen molar-refractivity contribution in [3.8, 4) is 11.5 Å². The van der Waals surface area contributed by atoms with E-state index in [2.05, 4.69) is 12.6 Å². The van der Waals surface area contributed by atoms with Crippen molar-refractivity contribution in [2.24, 2.45) is 0 Å². The summed E-state index contributed by atoms with van der Waals surface area (Å²) in [6.45, 7) is 5.64. The number of thiol groups is 1. The Labute approximate surface area is 107 Å². The first-order valence-corrected chi connectivity index (χ1v) is 6.10. The monoisotopic (exact) mass is 252 g/mol. The molecule has 1 aromatic carbocycles.